The molecule has 126 valence electrons. The van der Waals surface area contributed by atoms with Gasteiger partial charge in [0.25, 0.3) is 0 Å². The average molecular weight is 440 g/mol. The van der Waals surface area contributed by atoms with E-state index < -0.39 is 10.0 Å². The molecule has 0 saturated heterocycles. The number of sulfonamides is 1. The topological polar surface area (TPSA) is 87.8 Å². The fraction of sp³-hybridized carbons (Fsp3) is 0.500. The first kappa shape index (κ1) is 21.1. The van der Waals surface area contributed by atoms with Crippen LogP contribution in [-0.2, 0) is 16.6 Å². The highest BCUT2D eigenvalue weighted by molar-refractivity contribution is 14.0. The standard InChI is InChI=1S/C14H24N4O2S.HI/c1-4-5-10-16-14(15)17-11-12-8-6-7-9-13(12)21(19,20)18(2)3;/h6-9H,4-5,10-11H2,1-3H3,(H3,15,16,17);1H. The van der Waals surface area contributed by atoms with Crippen molar-refractivity contribution in [1.29, 1.82) is 0 Å². The Hall–Kier alpha value is -0.870. The van der Waals surface area contributed by atoms with E-state index in [0.717, 1.165) is 19.4 Å². The molecule has 0 aliphatic rings. The number of hydrogen-bond donors (Lipinski definition) is 2. The van der Waals surface area contributed by atoms with Crippen LogP contribution in [0.3, 0.4) is 0 Å². The van der Waals surface area contributed by atoms with Crippen molar-refractivity contribution in [3.63, 3.8) is 0 Å². The lowest BCUT2D eigenvalue weighted by Crippen LogP contribution is -2.32. The molecule has 0 amide bonds. The monoisotopic (exact) mass is 440 g/mol. The summed E-state index contributed by atoms with van der Waals surface area (Å²) in [7, 11) is -0.454. The van der Waals surface area contributed by atoms with Crippen LogP contribution in [0.25, 0.3) is 0 Å². The normalized spacial score (nSPS) is 12.1. The number of benzene rings is 1. The van der Waals surface area contributed by atoms with E-state index in [0.29, 0.717) is 11.5 Å². The Labute approximate surface area is 150 Å². The molecule has 1 rings (SSSR count). The summed E-state index contributed by atoms with van der Waals surface area (Å²) in [5.74, 6) is 0.334. The van der Waals surface area contributed by atoms with Gasteiger partial charge in [-0.25, -0.2) is 17.7 Å². The van der Waals surface area contributed by atoms with E-state index in [2.05, 4.69) is 17.2 Å². The molecule has 22 heavy (non-hydrogen) atoms. The lowest BCUT2D eigenvalue weighted by molar-refractivity contribution is 0.519. The van der Waals surface area contributed by atoms with Gasteiger partial charge < -0.3 is 11.1 Å². The van der Waals surface area contributed by atoms with Crippen molar-refractivity contribution in [2.75, 3.05) is 20.6 Å². The number of nitrogens with two attached hydrogens (primary N) is 1. The van der Waals surface area contributed by atoms with Crippen LogP contribution in [-0.4, -0.2) is 39.3 Å². The van der Waals surface area contributed by atoms with E-state index in [4.69, 9.17) is 5.73 Å². The smallest absolute Gasteiger partial charge is 0.242 e. The van der Waals surface area contributed by atoms with Crippen molar-refractivity contribution in [3.05, 3.63) is 29.8 Å². The van der Waals surface area contributed by atoms with Crippen LogP contribution in [0.1, 0.15) is 25.3 Å². The van der Waals surface area contributed by atoms with Gasteiger partial charge in [-0.15, -0.1) is 24.0 Å². The number of unbranched alkanes of at least 4 members (excludes halogenated alkanes) is 1. The van der Waals surface area contributed by atoms with E-state index >= 15 is 0 Å². The van der Waals surface area contributed by atoms with E-state index in [-0.39, 0.29) is 35.4 Å². The molecular formula is C14H25IN4O2S. The summed E-state index contributed by atoms with van der Waals surface area (Å²) in [5.41, 5.74) is 6.39. The van der Waals surface area contributed by atoms with Gasteiger partial charge in [-0.2, -0.15) is 0 Å². The molecule has 1 aromatic rings. The Balaban J connectivity index is 0.00000441. The fourth-order valence-corrected chi connectivity index (χ4v) is 2.81. The molecule has 0 fully saturated rings. The van der Waals surface area contributed by atoms with E-state index in [1.54, 1.807) is 24.3 Å². The molecule has 0 atom stereocenters. The summed E-state index contributed by atoms with van der Waals surface area (Å²) in [4.78, 5) is 4.46. The molecule has 6 nitrogen and oxygen atoms in total. The minimum Gasteiger partial charge on any atom is -0.370 e. The van der Waals surface area contributed by atoms with Crippen LogP contribution in [0.4, 0.5) is 0 Å². The summed E-state index contributed by atoms with van der Waals surface area (Å²) >= 11 is 0. The molecule has 0 radical (unpaired) electrons. The van der Waals surface area contributed by atoms with Gasteiger partial charge in [-0.05, 0) is 18.1 Å². The number of rotatable bonds is 7. The lowest BCUT2D eigenvalue weighted by atomic mass is 10.2. The maximum atomic E-state index is 12.2. The lowest BCUT2D eigenvalue weighted by Gasteiger charge is -2.14. The number of nitrogens with zero attached hydrogens (tertiary/aromatic N) is 2. The maximum Gasteiger partial charge on any atom is 0.242 e. The van der Waals surface area contributed by atoms with Gasteiger partial charge in [0, 0.05) is 20.6 Å². The predicted octanol–water partition coefficient (Wildman–Crippen LogP) is 1.76. The molecule has 0 bridgehead atoms. The minimum atomic E-state index is -3.47. The zero-order valence-corrected chi connectivity index (χ0v) is 16.4. The molecule has 0 aliphatic heterocycles. The van der Waals surface area contributed by atoms with Crippen LogP contribution >= 0.6 is 24.0 Å². The van der Waals surface area contributed by atoms with E-state index in [1.807, 2.05) is 0 Å². The summed E-state index contributed by atoms with van der Waals surface area (Å²) in [6, 6.07) is 6.83. The summed E-state index contributed by atoms with van der Waals surface area (Å²) < 4.78 is 25.7. The van der Waals surface area contributed by atoms with Gasteiger partial charge in [-0.1, -0.05) is 31.5 Å². The Morgan fingerprint density at radius 2 is 1.95 bits per heavy atom. The highest BCUT2D eigenvalue weighted by Crippen LogP contribution is 2.19. The molecule has 0 heterocycles. The van der Waals surface area contributed by atoms with Crippen LogP contribution in [0, 0.1) is 0 Å². The predicted molar refractivity (Wildman–Crippen MR) is 101 cm³/mol. The second-order valence-electron chi connectivity index (χ2n) is 4.88. The molecule has 8 heteroatoms. The Kier molecular flexibility index (Phi) is 9.61. The zero-order chi connectivity index (χ0) is 15.9. The molecule has 3 N–H and O–H groups in total. The number of guanidine groups is 1. The van der Waals surface area contributed by atoms with Gasteiger partial charge in [-0.3, -0.25) is 0 Å². The van der Waals surface area contributed by atoms with Crippen molar-refractivity contribution < 1.29 is 8.42 Å². The van der Waals surface area contributed by atoms with Crippen molar-refractivity contribution >= 4 is 40.0 Å². The summed E-state index contributed by atoms with van der Waals surface area (Å²) in [6.45, 7) is 3.09. The van der Waals surface area contributed by atoms with Crippen LogP contribution in [0.5, 0.6) is 0 Å². The van der Waals surface area contributed by atoms with Crippen molar-refractivity contribution in [1.82, 2.24) is 9.62 Å². The second-order valence-corrected chi connectivity index (χ2v) is 7.00. The van der Waals surface area contributed by atoms with Gasteiger partial charge in [0.2, 0.25) is 10.0 Å². The molecule has 0 aliphatic carbocycles. The third kappa shape index (κ3) is 6.09. The maximum absolute atomic E-state index is 12.2. The van der Waals surface area contributed by atoms with E-state index in [1.165, 1.54) is 18.4 Å². The zero-order valence-electron chi connectivity index (χ0n) is 13.2. The number of halogens is 1. The SMILES string of the molecule is CCCCNC(N)=NCc1ccccc1S(=O)(=O)N(C)C.I. The van der Waals surface area contributed by atoms with Crippen LogP contribution < -0.4 is 11.1 Å². The van der Waals surface area contributed by atoms with Gasteiger partial charge in [0.15, 0.2) is 5.96 Å². The molecular weight excluding hydrogens is 415 g/mol. The first-order valence-corrected chi connectivity index (χ1v) is 8.37. The molecule has 0 spiro atoms. The Bertz CT molecular complexity index is 588. The average Bonchev–Trinajstić information content (AvgIpc) is 2.45. The summed E-state index contributed by atoms with van der Waals surface area (Å²) in [5, 5.41) is 3.00. The van der Waals surface area contributed by atoms with E-state index in [9.17, 15) is 8.42 Å². The van der Waals surface area contributed by atoms with Gasteiger partial charge in [0.1, 0.15) is 0 Å². The highest BCUT2D eigenvalue weighted by Gasteiger charge is 2.20. The van der Waals surface area contributed by atoms with Gasteiger partial charge >= 0.3 is 0 Å². The minimum absolute atomic E-state index is 0. The van der Waals surface area contributed by atoms with Crippen molar-refractivity contribution in [2.24, 2.45) is 10.7 Å². The Morgan fingerprint density at radius 3 is 2.55 bits per heavy atom. The van der Waals surface area contributed by atoms with Crippen LogP contribution in [0.15, 0.2) is 34.2 Å². The van der Waals surface area contributed by atoms with Gasteiger partial charge in [0.05, 0.1) is 11.4 Å². The molecule has 1 aromatic carbocycles. The largest absolute Gasteiger partial charge is 0.370 e. The first-order valence-electron chi connectivity index (χ1n) is 6.93. The highest BCUT2D eigenvalue weighted by atomic mass is 127. The third-order valence-corrected chi connectivity index (χ3v) is 4.90. The Morgan fingerprint density at radius 1 is 1.32 bits per heavy atom. The van der Waals surface area contributed by atoms with Crippen molar-refractivity contribution in [3.8, 4) is 0 Å². The number of nitrogens with one attached hydrogen (secondary N) is 1. The van der Waals surface area contributed by atoms with Crippen molar-refractivity contribution in [2.45, 2.75) is 31.2 Å². The number of hydrogen-bond acceptors (Lipinski definition) is 3. The summed E-state index contributed by atoms with van der Waals surface area (Å²) in [6.07, 6.45) is 2.09. The molecule has 0 saturated carbocycles. The van der Waals surface area contributed by atoms with Crippen LogP contribution in [0.2, 0.25) is 0 Å². The second kappa shape index (κ2) is 10.0. The quantitative estimate of drug-likeness (QED) is 0.293. The third-order valence-electron chi connectivity index (χ3n) is 2.99. The molecule has 0 unspecified atom stereocenters. The fourth-order valence-electron chi connectivity index (χ4n) is 1.70. The molecule has 0 aromatic heterocycles. The number of aliphatic imine (C=N–C) groups is 1. The first-order chi connectivity index (χ1) is 9.89.